The number of guanidine groups is 1. The van der Waals surface area contributed by atoms with Crippen LogP contribution in [0.2, 0.25) is 0 Å². The van der Waals surface area contributed by atoms with Crippen LogP contribution >= 0.6 is 24.0 Å². The van der Waals surface area contributed by atoms with Gasteiger partial charge in [-0.1, -0.05) is 31.2 Å². The van der Waals surface area contributed by atoms with Crippen molar-refractivity contribution < 1.29 is 8.42 Å². The zero-order valence-electron chi connectivity index (χ0n) is 17.9. The molecule has 1 heterocycles. The fourth-order valence-electron chi connectivity index (χ4n) is 2.81. The third kappa shape index (κ3) is 8.96. The molecule has 0 amide bonds. The van der Waals surface area contributed by atoms with E-state index in [2.05, 4.69) is 37.5 Å². The van der Waals surface area contributed by atoms with Gasteiger partial charge in [-0.15, -0.1) is 34.2 Å². The highest BCUT2D eigenvalue weighted by Crippen LogP contribution is 2.08. The van der Waals surface area contributed by atoms with E-state index in [1.807, 2.05) is 42.7 Å². The Morgan fingerprint density at radius 1 is 1.17 bits per heavy atom. The molecule has 168 valence electrons. The molecule has 0 aliphatic heterocycles. The average molecular weight is 549 g/mol. The van der Waals surface area contributed by atoms with Crippen LogP contribution in [0.15, 0.2) is 35.6 Å². The van der Waals surface area contributed by atoms with Crippen molar-refractivity contribution in [2.45, 2.75) is 52.1 Å². The van der Waals surface area contributed by atoms with E-state index in [9.17, 15) is 8.42 Å². The van der Waals surface area contributed by atoms with Crippen molar-refractivity contribution in [1.29, 1.82) is 0 Å². The van der Waals surface area contributed by atoms with E-state index in [-0.39, 0.29) is 35.8 Å². The van der Waals surface area contributed by atoms with E-state index >= 15 is 0 Å². The predicted molar refractivity (Wildman–Crippen MR) is 130 cm³/mol. The number of hydrogen-bond donors (Lipinski definition) is 3. The van der Waals surface area contributed by atoms with Crippen LogP contribution in [0.4, 0.5) is 0 Å². The number of hydrogen-bond acceptors (Lipinski definition) is 5. The highest BCUT2D eigenvalue weighted by molar-refractivity contribution is 14.0. The molecule has 0 saturated heterocycles. The summed E-state index contributed by atoms with van der Waals surface area (Å²) in [6, 6.07) is 7.41. The first-order chi connectivity index (χ1) is 13.8. The summed E-state index contributed by atoms with van der Waals surface area (Å²) in [4.78, 5) is 4.22. The van der Waals surface area contributed by atoms with E-state index in [0.29, 0.717) is 19.0 Å². The molecule has 9 nitrogen and oxygen atoms in total. The van der Waals surface area contributed by atoms with Crippen molar-refractivity contribution >= 4 is 40.0 Å². The lowest BCUT2D eigenvalue weighted by Crippen LogP contribution is -2.38. The molecule has 0 spiro atoms. The molecule has 1 aromatic heterocycles. The van der Waals surface area contributed by atoms with Gasteiger partial charge in [-0.2, -0.15) is 0 Å². The standard InChI is InChI=1S/C19H31N7O2S.HI/c1-5-18-24-23-14-26(18)11-10-21-19(20-4)22-12-16-6-8-17(9-7-16)13-29(27,28)25-15(2)3;/h6-9,14-15,25H,5,10-13H2,1-4H3,(H2,20,21,22);1H. The zero-order valence-corrected chi connectivity index (χ0v) is 21.1. The molecule has 0 bridgehead atoms. The van der Waals surface area contributed by atoms with Crippen LogP contribution < -0.4 is 15.4 Å². The Morgan fingerprint density at radius 2 is 1.83 bits per heavy atom. The quantitative estimate of drug-likeness (QED) is 0.236. The number of nitrogens with zero attached hydrogens (tertiary/aromatic N) is 4. The normalized spacial score (nSPS) is 12.0. The van der Waals surface area contributed by atoms with Gasteiger partial charge in [-0.25, -0.2) is 13.1 Å². The lowest BCUT2D eigenvalue weighted by molar-refractivity contribution is 0.569. The molecule has 0 saturated carbocycles. The van der Waals surface area contributed by atoms with Crippen LogP contribution in [-0.4, -0.2) is 48.8 Å². The summed E-state index contributed by atoms with van der Waals surface area (Å²) in [5.74, 6) is 1.63. The van der Waals surface area contributed by atoms with Gasteiger partial charge >= 0.3 is 0 Å². The fourth-order valence-corrected chi connectivity index (χ4v) is 4.25. The fraction of sp³-hybridized carbons (Fsp3) is 0.526. The number of benzene rings is 1. The van der Waals surface area contributed by atoms with Crippen LogP contribution in [0.25, 0.3) is 0 Å². The molecule has 0 aliphatic rings. The minimum Gasteiger partial charge on any atom is -0.355 e. The largest absolute Gasteiger partial charge is 0.355 e. The van der Waals surface area contributed by atoms with Gasteiger partial charge < -0.3 is 15.2 Å². The summed E-state index contributed by atoms with van der Waals surface area (Å²) in [6.07, 6.45) is 2.58. The second-order valence-corrected chi connectivity index (χ2v) is 8.75. The number of sulfonamides is 1. The maximum Gasteiger partial charge on any atom is 0.216 e. The summed E-state index contributed by atoms with van der Waals surface area (Å²) in [7, 11) is -1.59. The van der Waals surface area contributed by atoms with Crippen molar-refractivity contribution in [2.75, 3.05) is 13.6 Å². The SMILES string of the molecule is CCc1nncn1CCNC(=NC)NCc1ccc(CS(=O)(=O)NC(C)C)cc1.I. The number of halogens is 1. The summed E-state index contributed by atoms with van der Waals surface area (Å²) >= 11 is 0. The lowest BCUT2D eigenvalue weighted by Gasteiger charge is -2.13. The molecular formula is C19H32IN7O2S. The molecule has 0 fully saturated rings. The Kier molecular flexibility index (Phi) is 11.3. The number of aliphatic imine (C=N–C) groups is 1. The molecule has 11 heteroatoms. The van der Waals surface area contributed by atoms with Gasteiger partial charge in [0.2, 0.25) is 10.0 Å². The Morgan fingerprint density at radius 3 is 2.43 bits per heavy atom. The Bertz CT molecular complexity index is 896. The van der Waals surface area contributed by atoms with Crippen molar-refractivity contribution in [3.8, 4) is 0 Å². The van der Waals surface area contributed by atoms with Crippen LogP contribution in [-0.2, 0) is 35.3 Å². The third-order valence-electron chi connectivity index (χ3n) is 4.14. The van der Waals surface area contributed by atoms with E-state index in [0.717, 1.165) is 29.9 Å². The molecule has 2 rings (SSSR count). The molecule has 1 aromatic carbocycles. The van der Waals surface area contributed by atoms with Gasteiger partial charge in [0.15, 0.2) is 5.96 Å². The van der Waals surface area contributed by atoms with Crippen LogP contribution in [0.1, 0.15) is 37.7 Å². The first kappa shape index (κ1) is 26.3. The van der Waals surface area contributed by atoms with Crippen LogP contribution in [0, 0.1) is 0 Å². The second kappa shape index (κ2) is 12.8. The van der Waals surface area contributed by atoms with Crippen molar-refractivity contribution in [1.82, 2.24) is 30.1 Å². The summed E-state index contributed by atoms with van der Waals surface area (Å²) in [5.41, 5.74) is 1.79. The number of rotatable bonds is 10. The molecule has 3 N–H and O–H groups in total. The Hall–Kier alpha value is -1.73. The predicted octanol–water partition coefficient (Wildman–Crippen LogP) is 1.65. The molecule has 0 unspecified atom stereocenters. The summed E-state index contributed by atoms with van der Waals surface area (Å²) in [5, 5.41) is 14.5. The van der Waals surface area contributed by atoms with E-state index in [1.54, 1.807) is 13.4 Å². The Balaban J connectivity index is 0.00000450. The molecule has 2 aromatic rings. The first-order valence-electron chi connectivity index (χ1n) is 9.72. The smallest absolute Gasteiger partial charge is 0.216 e. The average Bonchev–Trinajstić information content (AvgIpc) is 3.11. The van der Waals surface area contributed by atoms with E-state index in [1.165, 1.54) is 0 Å². The summed E-state index contributed by atoms with van der Waals surface area (Å²) in [6.45, 7) is 7.71. The highest BCUT2D eigenvalue weighted by Gasteiger charge is 2.12. The van der Waals surface area contributed by atoms with Gasteiger partial charge in [-0.3, -0.25) is 4.99 Å². The van der Waals surface area contributed by atoms with Crippen LogP contribution in [0.3, 0.4) is 0 Å². The minimum atomic E-state index is -3.32. The van der Waals surface area contributed by atoms with Gasteiger partial charge in [-0.05, 0) is 25.0 Å². The number of aromatic nitrogens is 3. The highest BCUT2D eigenvalue weighted by atomic mass is 127. The third-order valence-corrected chi connectivity index (χ3v) is 5.68. The topological polar surface area (TPSA) is 113 Å². The van der Waals surface area contributed by atoms with Gasteiger partial charge in [0.05, 0.1) is 5.75 Å². The minimum absolute atomic E-state index is 0. The molecule has 0 atom stereocenters. The first-order valence-corrected chi connectivity index (χ1v) is 11.4. The molecule has 30 heavy (non-hydrogen) atoms. The maximum atomic E-state index is 12.0. The second-order valence-electron chi connectivity index (χ2n) is 6.99. The van der Waals surface area contributed by atoms with Crippen molar-refractivity contribution in [3.05, 3.63) is 47.5 Å². The monoisotopic (exact) mass is 549 g/mol. The van der Waals surface area contributed by atoms with Gasteiger partial charge in [0.1, 0.15) is 12.2 Å². The number of nitrogens with one attached hydrogen (secondary N) is 3. The van der Waals surface area contributed by atoms with E-state index in [4.69, 9.17) is 0 Å². The summed E-state index contributed by atoms with van der Waals surface area (Å²) < 4.78 is 28.6. The van der Waals surface area contributed by atoms with Crippen LogP contribution in [0.5, 0.6) is 0 Å². The lowest BCUT2D eigenvalue weighted by atomic mass is 10.1. The van der Waals surface area contributed by atoms with Crippen molar-refractivity contribution in [2.24, 2.45) is 4.99 Å². The molecule has 0 aliphatic carbocycles. The Labute approximate surface area is 196 Å². The zero-order chi connectivity index (χ0) is 21.3. The molecular weight excluding hydrogens is 517 g/mol. The maximum absolute atomic E-state index is 12.0. The van der Waals surface area contributed by atoms with Gasteiger partial charge in [0, 0.05) is 39.1 Å². The van der Waals surface area contributed by atoms with E-state index < -0.39 is 10.0 Å². The number of aryl methyl sites for hydroxylation is 1. The van der Waals surface area contributed by atoms with Crippen molar-refractivity contribution in [3.63, 3.8) is 0 Å². The molecule has 0 radical (unpaired) electrons. The van der Waals surface area contributed by atoms with Gasteiger partial charge in [0.25, 0.3) is 0 Å².